The van der Waals surface area contributed by atoms with Crippen LogP contribution in [0, 0.1) is 6.92 Å². The molecule has 2 amide bonds. The summed E-state index contributed by atoms with van der Waals surface area (Å²) in [4.78, 5) is 29.3. The van der Waals surface area contributed by atoms with Crippen LogP contribution in [0.25, 0.3) is 6.08 Å². The first-order valence-electron chi connectivity index (χ1n) is 10.8. The average Bonchev–Trinajstić information content (AvgIpc) is 3.62. The Morgan fingerprint density at radius 2 is 1.75 bits per heavy atom. The van der Waals surface area contributed by atoms with E-state index in [4.69, 9.17) is 0 Å². The maximum absolute atomic E-state index is 13.5. The maximum atomic E-state index is 13.5. The Morgan fingerprint density at radius 3 is 2.50 bits per heavy atom. The molecule has 1 aliphatic heterocycles. The smallest absolute Gasteiger partial charge is 0.265 e. The van der Waals surface area contributed by atoms with Gasteiger partial charge in [-0.15, -0.1) is 0 Å². The summed E-state index contributed by atoms with van der Waals surface area (Å²) in [6.45, 7) is 2.60. The second-order valence-electron chi connectivity index (χ2n) is 8.27. The molecule has 1 aliphatic carbocycles. The van der Waals surface area contributed by atoms with Crippen molar-refractivity contribution >= 4 is 35.3 Å². The highest BCUT2D eigenvalue weighted by molar-refractivity contribution is 8.04. The molecule has 3 aromatic carbocycles. The topological polar surface area (TPSA) is 49.4 Å². The van der Waals surface area contributed by atoms with Gasteiger partial charge in [0.15, 0.2) is 0 Å². The van der Waals surface area contributed by atoms with E-state index < -0.39 is 0 Å². The van der Waals surface area contributed by atoms with Crippen molar-refractivity contribution < 1.29 is 9.59 Å². The van der Waals surface area contributed by atoms with Crippen LogP contribution in [0.3, 0.4) is 0 Å². The minimum Gasteiger partial charge on any atom is -0.349 e. The van der Waals surface area contributed by atoms with Gasteiger partial charge in [0.1, 0.15) is 0 Å². The lowest BCUT2D eigenvalue weighted by atomic mass is 10.1. The van der Waals surface area contributed by atoms with E-state index in [1.54, 1.807) is 0 Å². The first kappa shape index (κ1) is 20.6. The van der Waals surface area contributed by atoms with E-state index in [1.807, 2.05) is 65.6 Å². The second-order valence-corrected chi connectivity index (χ2v) is 9.35. The molecule has 160 valence electrons. The number of para-hydroxylation sites is 1. The number of thioether (sulfide) groups is 1. The molecular weight excluding hydrogens is 416 g/mol. The third kappa shape index (κ3) is 4.34. The number of hydrogen-bond donors (Lipinski definition) is 1. The minimum absolute atomic E-state index is 0.00694. The summed E-state index contributed by atoms with van der Waals surface area (Å²) in [7, 11) is 0. The number of nitrogens with one attached hydrogen (secondary N) is 1. The van der Waals surface area contributed by atoms with E-state index in [2.05, 4.69) is 30.4 Å². The third-order valence-corrected chi connectivity index (χ3v) is 6.88. The molecule has 0 saturated heterocycles. The molecule has 5 rings (SSSR count). The van der Waals surface area contributed by atoms with E-state index in [1.165, 1.54) is 17.3 Å². The van der Waals surface area contributed by atoms with Crippen LogP contribution < -0.4 is 10.2 Å². The molecule has 1 N–H and O–H groups in total. The fraction of sp³-hybridized carbons (Fsp3) is 0.185. The van der Waals surface area contributed by atoms with E-state index >= 15 is 0 Å². The molecule has 2 aliphatic rings. The van der Waals surface area contributed by atoms with Gasteiger partial charge in [0.25, 0.3) is 11.8 Å². The number of anilines is 1. The summed E-state index contributed by atoms with van der Waals surface area (Å²) in [6, 6.07) is 24.0. The molecule has 0 atom stereocenters. The third-order valence-electron chi connectivity index (χ3n) is 5.80. The van der Waals surface area contributed by atoms with Gasteiger partial charge in [0.2, 0.25) is 0 Å². The van der Waals surface area contributed by atoms with E-state index in [-0.39, 0.29) is 11.8 Å². The van der Waals surface area contributed by atoms with Gasteiger partial charge >= 0.3 is 0 Å². The Hall–Kier alpha value is -3.31. The van der Waals surface area contributed by atoms with E-state index in [9.17, 15) is 9.59 Å². The van der Waals surface area contributed by atoms with Gasteiger partial charge in [-0.25, -0.2) is 0 Å². The van der Waals surface area contributed by atoms with Crippen molar-refractivity contribution in [2.75, 3.05) is 4.90 Å². The predicted octanol–water partition coefficient (Wildman–Crippen LogP) is 5.57. The average molecular weight is 441 g/mol. The Labute approximate surface area is 192 Å². The largest absolute Gasteiger partial charge is 0.349 e. The summed E-state index contributed by atoms with van der Waals surface area (Å²) >= 11 is 1.50. The van der Waals surface area contributed by atoms with Crippen LogP contribution in [-0.4, -0.2) is 17.9 Å². The summed E-state index contributed by atoms with van der Waals surface area (Å²) < 4.78 is 0. The van der Waals surface area contributed by atoms with Gasteiger partial charge in [-0.3, -0.25) is 9.59 Å². The highest BCUT2D eigenvalue weighted by atomic mass is 32.2. The zero-order valence-corrected chi connectivity index (χ0v) is 18.7. The molecule has 1 heterocycles. The number of rotatable bonds is 5. The lowest BCUT2D eigenvalue weighted by Gasteiger charge is -2.31. The first-order valence-corrected chi connectivity index (χ1v) is 11.7. The summed E-state index contributed by atoms with van der Waals surface area (Å²) in [5.74, 6) is -0.0411. The van der Waals surface area contributed by atoms with Crippen molar-refractivity contribution in [2.45, 2.75) is 37.2 Å². The Bertz CT molecular complexity index is 1210. The van der Waals surface area contributed by atoms with Crippen molar-refractivity contribution in [3.05, 3.63) is 100.0 Å². The Morgan fingerprint density at radius 1 is 1.03 bits per heavy atom. The standard InChI is InChI=1S/C27H24N2O2S/c1-18-6-2-3-7-21(18)17-29-23-8-4-5-9-24(23)32-25(27(29)31)16-19-10-12-20(13-11-19)26(30)28-22-14-15-22/h2-13,16,22H,14-15,17H2,1H3,(H,28,30)/b25-16+. The molecule has 0 radical (unpaired) electrons. The zero-order valence-electron chi connectivity index (χ0n) is 17.9. The number of carbonyl (C=O) groups excluding carboxylic acids is 2. The molecule has 0 spiro atoms. The van der Waals surface area contributed by atoms with Crippen LogP contribution in [0.5, 0.6) is 0 Å². The van der Waals surface area contributed by atoms with Gasteiger partial charge < -0.3 is 10.2 Å². The Balaban J connectivity index is 1.43. The lowest BCUT2D eigenvalue weighted by molar-refractivity contribution is -0.114. The molecule has 1 fully saturated rings. The monoisotopic (exact) mass is 440 g/mol. The minimum atomic E-state index is -0.0341. The summed E-state index contributed by atoms with van der Waals surface area (Å²) in [5, 5.41) is 3.00. The number of benzene rings is 3. The van der Waals surface area contributed by atoms with Crippen molar-refractivity contribution in [1.29, 1.82) is 0 Å². The molecule has 3 aromatic rings. The SMILES string of the molecule is Cc1ccccc1CN1C(=O)/C(=C\c2ccc(C(=O)NC3CC3)cc2)Sc2ccccc21. The summed E-state index contributed by atoms with van der Waals surface area (Å²) in [6.07, 6.45) is 4.04. The van der Waals surface area contributed by atoms with Crippen molar-refractivity contribution in [2.24, 2.45) is 0 Å². The molecular formula is C27H24N2O2S. The highest BCUT2D eigenvalue weighted by Gasteiger charge is 2.29. The number of fused-ring (bicyclic) bond motifs is 1. The molecule has 1 saturated carbocycles. The normalized spacial score (nSPS) is 16.7. The fourth-order valence-corrected chi connectivity index (χ4v) is 4.81. The number of amides is 2. The van der Waals surface area contributed by atoms with Gasteiger partial charge in [-0.1, -0.05) is 60.3 Å². The van der Waals surface area contributed by atoms with Crippen LogP contribution in [-0.2, 0) is 11.3 Å². The molecule has 5 heteroatoms. The van der Waals surface area contributed by atoms with E-state index in [0.717, 1.165) is 34.6 Å². The maximum Gasteiger partial charge on any atom is 0.265 e. The molecule has 0 bridgehead atoms. The van der Waals surface area contributed by atoms with Crippen molar-refractivity contribution in [3.63, 3.8) is 0 Å². The van der Waals surface area contributed by atoms with Gasteiger partial charge in [0.05, 0.1) is 17.1 Å². The number of aryl methyl sites for hydroxylation is 1. The Kier molecular flexibility index (Phi) is 5.58. The summed E-state index contributed by atoms with van der Waals surface area (Å²) in [5.41, 5.74) is 4.79. The van der Waals surface area contributed by atoms with Crippen LogP contribution in [0.1, 0.15) is 39.9 Å². The highest BCUT2D eigenvalue weighted by Crippen LogP contribution is 2.42. The predicted molar refractivity (Wildman–Crippen MR) is 130 cm³/mol. The van der Waals surface area contributed by atoms with Gasteiger partial charge in [-0.2, -0.15) is 0 Å². The number of hydrogen-bond acceptors (Lipinski definition) is 3. The quantitative estimate of drug-likeness (QED) is 0.528. The number of nitrogens with zero attached hydrogens (tertiary/aromatic N) is 1. The number of carbonyl (C=O) groups is 2. The molecule has 4 nitrogen and oxygen atoms in total. The lowest BCUT2D eigenvalue weighted by Crippen LogP contribution is -2.33. The van der Waals surface area contributed by atoms with Crippen LogP contribution in [0.4, 0.5) is 5.69 Å². The zero-order chi connectivity index (χ0) is 22.1. The molecule has 0 aromatic heterocycles. The second kappa shape index (κ2) is 8.67. The van der Waals surface area contributed by atoms with E-state index in [0.29, 0.717) is 23.1 Å². The van der Waals surface area contributed by atoms with Crippen molar-refractivity contribution in [1.82, 2.24) is 5.32 Å². The van der Waals surface area contributed by atoms with Gasteiger partial charge in [-0.05, 0) is 66.8 Å². The van der Waals surface area contributed by atoms with Crippen molar-refractivity contribution in [3.8, 4) is 0 Å². The van der Waals surface area contributed by atoms with Crippen LogP contribution >= 0.6 is 11.8 Å². The van der Waals surface area contributed by atoms with Crippen LogP contribution in [0.2, 0.25) is 0 Å². The fourth-order valence-electron chi connectivity index (χ4n) is 3.76. The van der Waals surface area contributed by atoms with Crippen LogP contribution in [0.15, 0.2) is 82.6 Å². The molecule has 32 heavy (non-hydrogen) atoms. The molecule has 0 unspecified atom stereocenters. The first-order chi connectivity index (χ1) is 15.6. The van der Waals surface area contributed by atoms with Gasteiger partial charge in [0, 0.05) is 16.5 Å².